The van der Waals surface area contributed by atoms with Crippen molar-refractivity contribution < 1.29 is 4.74 Å². The highest BCUT2D eigenvalue weighted by atomic mass is 32.1. The number of aromatic amines is 1. The zero-order valence-electron chi connectivity index (χ0n) is 10.5. The van der Waals surface area contributed by atoms with Crippen LogP contribution in [0.1, 0.15) is 26.7 Å². The van der Waals surface area contributed by atoms with E-state index in [9.17, 15) is 0 Å². The molecule has 0 radical (unpaired) electrons. The maximum Gasteiger partial charge on any atom is 0.225 e. The maximum absolute atomic E-state index is 5.65. The van der Waals surface area contributed by atoms with Gasteiger partial charge in [0.25, 0.3) is 0 Å². The Bertz CT molecular complexity index is 406. The van der Waals surface area contributed by atoms with Gasteiger partial charge >= 0.3 is 0 Å². The van der Waals surface area contributed by atoms with Gasteiger partial charge in [0.2, 0.25) is 5.95 Å². The van der Waals surface area contributed by atoms with Gasteiger partial charge in [0.15, 0.2) is 4.77 Å². The Balaban J connectivity index is 2.03. The Morgan fingerprint density at radius 3 is 2.71 bits per heavy atom. The zero-order chi connectivity index (χ0) is 12.3. The third kappa shape index (κ3) is 2.69. The number of ether oxygens (including phenoxy) is 1. The number of nitrogens with zero attached hydrogens (tertiary/aromatic N) is 3. The summed E-state index contributed by atoms with van der Waals surface area (Å²) in [4.78, 5) is 2.28. The average molecular weight is 256 g/mol. The SMILES string of the molecule is CCOC1CCN(c2n[nH]c(=S)n2CC)CC1. The van der Waals surface area contributed by atoms with E-state index in [4.69, 9.17) is 17.0 Å². The van der Waals surface area contributed by atoms with E-state index in [-0.39, 0.29) is 0 Å². The predicted molar refractivity (Wildman–Crippen MR) is 69.9 cm³/mol. The number of nitrogens with one attached hydrogen (secondary N) is 1. The monoisotopic (exact) mass is 256 g/mol. The summed E-state index contributed by atoms with van der Waals surface area (Å²) in [5.74, 6) is 0.965. The Morgan fingerprint density at radius 2 is 2.12 bits per heavy atom. The quantitative estimate of drug-likeness (QED) is 0.837. The number of rotatable bonds is 4. The summed E-state index contributed by atoms with van der Waals surface area (Å²) in [5, 5.41) is 7.18. The fourth-order valence-corrected chi connectivity index (χ4v) is 2.55. The molecule has 2 rings (SSSR count). The Kier molecular flexibility index (Phi) is 4.17. The molecule has 0 amide bonds. The van der Waals surface area contributed by atoms with Crippen LogP contribution in [0.25, 0.3) is 0 Å². The summed E-state index contributed by atoms with van der Waals surface area (Å²) >= 11 is 5.20. The molecule has 0 spiro atoms. The first-order valence-corrected chi connectivity index (χ1v) is 6.68. The predicted octanol–water partition coefficient (Wildman–Crippen LogP) is 1.97. The van der Waals surface area contributed by atoms with Crippen molar-refractivity contribution in [3.05, 3.63) is 4.77 Å². The number of H-pyrrole nitrogens is 1. The van der Waals surface area contributed by atoms with Gasteiger partial charge in [-0.15, -0.1) is 5.10 Å². The largest absolute Gasteiger partial charge is 0.378 e. The van der Waals surface area contributed by atoms with Crippen LogP contribution in [0.2, 0.25) is 0 Å². The van der Waals surface area contributed by atoms with Crippen molar-refractivity contribution in [2.45, 2.75) is 39.3 Å². The first-order valence-electron chi connectivity index (χ1n) is 6.28. The van der Waals surface area contributed by atoms with E-state index in [0.29, 0.717) is 10.9 Å². The molecule has 1 aliphatic heterocycles. The first-order chi connectivity index (χ1) is 8.26. The summed E-state index contributed by atoms with van der Waals surface area (Å²) in [6.45, 7) is 7.78. The zero-order valence-corrected chi connectivity index (χ0v) is 11.3. The van der Waals surface area contributed by atoms with Gasteiger partial charge < -0.3 is 9.64 Å². The van der Waals surface area contributed by atoms with Gasteiger partial charge in [0.1, 0.15) is 0 Å². The lowest BCUT2D eigenvalue weighted by atomic mass is 10.1. The highest BCUT2D eigenvalue weighted by molar-refractivity contribution is 7.71. The third-order valence-electron chi connectivity index (χ3n) is 3.18. The van der Waals surface area contributed by atoms with Crippen molar-refractivity contribution in [1.82, 2.24) is 14.8 Å². The van der Waals surface area contributed by atoms with Crippen molar-refractivity contribution in [3.8, 4) is 0 Å². The number of hydrogen-bond acceptors (Lipinski definition) is 4. The highest BCUT2D eigenvalue weighted by Crippen LogP contribution is 2.19. The molecule has 1 saturated heterocycles. The molecule has 96 valence electrons. The lowest BCUT2D eigenvalue weighted by molar-refractivity contribution is 0.0456. The van der Waals surface area contributed by atoms with Crippen LogP contribution < -0.4 is 4.90 Å². The number of aromatic nitrogens is 3. The summed E-state index contributed by atoms with van der Waals surface area (Å²) in [7, 11) is 0. The molecule has 5 nitrogen and oxygen atoms in total. The Hall–Kier alpha value is -0.880. The summed E-state index contributed by atoms with van der Waals surface area (Å²) in [5.41, 5.74) is 0. The normalized spacial score (nSPS) is 17.6. The molecule has 1 N–H and O–H groups in total. The minimum absolute atomic E-state index is 0.410. The van der Waals surface area contributed by atoms with Crippen LogP contribution in [0.15, 0.2) is 0 Å². The molecule has 0 unspecified atom stereocenters. The molecule has 0 saturated carbocycles. The van der Waals surface area contributed by atoms with Crippen LogP contribution in [-0.4, -0.2) is 40.6 Å². The van der Waals surface area contributed by atoms with Gasteiger partial charge in [0.05, 0.1) is 6.10 Å². The number of piperidine rings is 1. The maximum atomic E-state index is 5.65. The fourth-order valence-electron chi connectivity index (χ4n) is 2.29. The standard InChI is InChI=1S/C11H20N4OS/c1-3-15-10(12-13-11(15)17)14-7-5-9(6-8-14)16-4-2/h9H,3-8H2,1-2H3,(H,13,17). The molecule has 0 bridgehead atoms. The van der Waals surface area contributed by atoms with Crippen LogP contribution in [0.4, 0.5) is 5.95 Å². The second-order valence-electron chi connectivity index (χ2n) is 4.21. The molecule has 1 aliphatic rings. The lowest BCUT2D eigenvalue weighted by Gasteiger charge is -2.32. The van der Waals surface area contributed by atoms with E-state index in [1.807, 2.05) is 4.57 Å². The van der Waals surface area contributed by atoms with Crippen LogP contribution in [0.5, 0.6) is 0 Å². The second kappa shape index (κ2) is 5.64. The van der Waals surface area contributed by atoms with Crippen LogP contribution in [-0.2, 0) is 11.3 Å². The smallest absolute Gasteiger partial charge is 0.225 e. The number of anilines is 1. The van der Waals surface area contributed by atoms with E-state index in [1.54, 1.807) is 0 Å². The number of hydrogen-bond donors (Lipinski definition) is 1. The Morgan fingerprint density at radius 1 is 1.41 bits per heavy atom. The van der Waals surface area contributed by atoms with Gasteiger partial charge in [-0.3, -0.25) is 4.57 Å². The second-order valence-corrected chi connectivity index (χ2v) is 4.60. The molecule has 2 heterocycles. The molecule has 1 aromatic rings. The minimum atomic E-state index is 0.410. The fraction of sp³-hybridized carbons (Fsp3) is 0.818. The van der Waals surface area contributed by atoms with Gasteiger partial charge in [-0.1, -0.05) is 0 Å². The molecule has 6 heteroatoms. The van der Waals surface area contributed by atoms with E-state index >= 15 is 0 Å². The van der Waals surface area contributed by atoms with Crippen molar-refractivity contribution in [1.29, 1.82) is 0 Å². The molecule has 0 aromatic carbocycles. The van der Waals surface area contributed by atoms with E-state index < -0.39 is 0 Å². The Labute approximate surface area is 107 Å². The van der Waals surface area contributed by atoms with E-state index in [1.165, 1.54) is 0 Å². The van der Waals surface area contributed by atoms with Crippen molar-refractivity contribution >= 4 is 18.2 Å². The topological polar surface area (TPSA) is 46.1 Å². The summed E-state index contributed by atoms with van der Waals surface area (Å²) < 4.78 is 8.39. The van der Waals surface area contributed by atoms with Crippen molar-refractivity contribution in [2.75, 3.05) is 24.6 Å². The average Bonchev–Trinajstić information content (AvgIpc) is 2.72. The molecular formula is C11H20N4OS. The van der Waals surface area contributed by atoms with Gasteiger partial charge in [0, 0.05) is 26.2 Å². The summed E-state index contributed by atoms with van der Waals surface area (Å²) in [6.07, 6.45) is 2.54. The van der Waals surface area contributed by atoms with Crippen molar-refractivity contribution in [2.24, 2.45) is 0 Å². The highest BCUT2D eigenvalue weighted by Gasteiger charge is 2.22. The van der Waals surface area contributed by atoms with E-state index in [2.05, 4.69) is 28.9 Å². The van der Waals surface area contributed by atoms with Crippen LogP contribution in [0, 0.1) is 4.77 Å². The first kappa shape index (κ1) is 12.6. The van der Waals surface area contributed by atoms with Crippen LogP contribution >= 0.6 is 12.2 Å². The molecule has 1 aromatic heterocycles. The van der Waals surface area contributed by atoms with E-state index in [0.717, 1.165) is 45.0 Å². The molecule has 0 atom stereocenters. The summed E-state index contributed by atoms with van der Waals surface area (Å²) in [6, 6.07) is 0. The van der Waals surface area contributed by atoms with Gasteiger partial charge in [-0.05, 0) is 38.9 Å². The van der Waals surface area contributed by atoms with Crippen LogP contribution in [0.3, 0.4) is 0 Å². The molecule has 1 fully saturated rings. The van der Waals surface area contributed by atoms with Gasteiger partial charge in [-0.2, -0.15) is 0 Å². The van der Waals surface area contributed by atoms with Crippen molar-refractivity contribution in [3.63, 3.8) is 0 Å². The van der Waals surface area contributed by atoms with Gasteiger partial charge in [-0.25, -0.2) is 5.10 Å². The molecule has 0 aliphatic carbocycles. The lowest BCUT2D eigenvalue weighted by Crippen LogP contribution is -2.38. The third-order valence-corrected chi connectivity index (χ3v) is 3.49. The minimum Gasteiger partial charge on any atom is -0.378 e. The molecule has 17 heavy (non-hydrogen) atoms. The molecular weight excluding hydrogens is 236 g/mol.